The molecule has 2 heteroatoms. The Bertz CT molecular complexity index is 748. The zero-order valence-electron chi connectivity index (χ0n) is 17.2. The topological polar surface area (TPSA) is 38.0 Å². The van der Waals surface area contributed by atoms with E-state index in [0.29, 0.717) is 12.1 Å². The largest absolute Gasteiger partial charge is 0.324 e. The van der Waals surface area contributed by atoms with Crippen LogP contribution < -0.4 is 11.1 Å². The van der Waals surface area contributed by atoms with Crippen molar-refractivity contribution in [2.24, 2.45) is 5.73 Å². The van der Waals surface area contributed by atoms with Crippen molar-refractivity contribution in [1.29, 1.82) is 0 Å². The van der Waals surface area contributed by atoms with Gasteiger partial charge in [-0.25, -0.2) is 0 Å². The third-order valence-corrected chi connectivity index (χ3v) is 6.83. The molecule has 3 N–H and O–H groups in total. The average Bonchev–Trinajstić information content (AvgIpc) is 2.76. The van der Waals surface area contributed by atoms with Crippen molar-refractivity contribution in [1.82, 2.24) is 5.32 Å². The number of hydrogen-bond donors (Lipinski definition) is 2. The van der Waals surface area contributed by atoms with Crippen LogP contribution in [0.25, 0.3) is 0 Å². The first-order chi connectivity index (χ1) is 13.8. The fraction of sp³-hybridized carbons (Fsp3) is 0.538. The number of nitrogens with one attached hydrogen (secondary N) is 1. The average molecular weight is 377 g/mol. The number of nitrogens with two attached hydrogens (primary N) is 1. The highest BCUT2D eigenvalue weighted by Crippen LogP contribution is 2.31. The summed E-state index contributed by atoms with van der Waals surface area (Å²) < 4.78 is 0. The van der Waals surface area contributed by atoms with Crippen LogP contribution >= 0.6 is 0 Å². The second-order valence-electron chi connectivity index (χ2n) is 8.84. The van der Waals surface area contributed by atoms with E-state index in [1.165, 1.54) is 75.3 Å². The Labute approximate surface area is 170 Å². The molecule has 0 radical (unpaired) electrons. The Kier molecular flexibility index (Phi) is 6.82. The van der Waals surface area contributed by atoms with Gasteiger partial charge in [0.1, 0.15) is 0 Å². The quantitative estimate of drug-likeness (QED) is 0.673. The second kappa shape index (κ2) is 9.71. The molecule has 2 aromatic carbocycles. The number of fused-ring (bicyclic) bond motifs is 2. The Morgan fingerprint density at radius 3 is 1.96 bits per heavy atom. The molecule has 1 saturated carbocycles. The van der Waals surface area contributed by atoms with Gasteiger partial charge in [0, 0.05) is 18.1 Å². The molecule has 0 amide bonds. The summed E-state index contributed by atoms with van der Waals surface area (Å²) in [6.45, 7) is 0. The SMILES string of the molecule is NC1CCCc2ccccc21.c1ccc2c(c1)CCCC2NC1CCCCC1. The maximum atomic E-state index is 5.95. The van der Waals surface area contributed by atoms with Gasteiger partial charge in [0.2, 0.25) is 0 Å². The molecule has 2 aromatic rings. The van der Waals surface area contributed by atoms with Gasteiger partial charge in [-0.3, -0.25) is 0 Å². The molecule has 2 unspecified atom stereocenters. The van der Waals surface area contributed by atoms with Gasteiger partial charge in [0.15, 0.2) is 0 Å². The van der Waals surface area contributed by atoms with Crippen molar-refractivity contribution < 1.29 is 0 Å². The normalized spacial score (nSPS) is 24.5. The smallest absolute Gasteiger partial charge is 0.0325 e. The van der Waals surface area contributed by atoms with Crippen LogP contribution in [0.4, 0.5) is 0 Å². The van der Waals surface area contributed by atoms with Crippen molar-refractivity contribution in [3.05, 3.63) is 70.8 Å². The lowest BCUT2D eigenvalue weighted by Gasteiger charge is -2.32. The lowest BCUT2D eigenvalue weighted by atomic mass is 9.86. The first-order valence-electron chi connectivity index (χ1n) is 11.5. The van der Waals surface area contributed by atoms with E-state index < -0.39 is 0 Å². The minimum absolute atomic E-state index is 0.292. The molecule has 150 valence electrons. The zero-order valence-corrected chi connectivity index (χ0v) is 17.2. The third-order valence-electron chi connectivity index (χ3n) is 6.83. The summed E-state index contributed by atoms with van der Waals surface area (Å²) in [7, 11) is 0. The fourth-order valence-electron chi connectivity index (χ4n) is 5.27. The molecule has 0 heterocycles. The molecule has 2 nitrogen and oxygen atoms in total. The van der Waals surface area contributed by atoms with Gasteiger partial charge in [-0.1, -0.05) is 67.8 Å². The predicted molar refractivity (Wildman–Crippen MR) is 118 cm³/mol. The highest BCUT2D eigenvalue weighted by molar-refractivity contribution is 5.32. The summed E-state index contributed by atoms with van der Waals surface area (Å²) >= 11 is 0. The Morgan fingerprint density at radius 2 is 1.25 bits per heavy atom. The summed E-state index contributed by atoms with van der Waals surface area (Å²) in [5.41, 5.74) is 11.9. The first kappa shape index (κ1) is 19.7. The fourth-order valence-corrected chi connectivity index (χ4v) is 5.27. The van der Waals surface area contributed by atoms with Gasteiger partial charge in [0.25, 0.3) is 0 Å². The van der Waals surface area contributed by atoms with E-state index in [2.05, 4.69) is 53.8 Å². The monoisotopic (exact) mass is 376 g/mol. The van der Waals surface area contributed by atoms with Crippen LogP contribution in [0.5, 0.6) is 0 Å². The molecule has 0 spiro atoms. The highest BCUT2D eigenvalue weighted by Gasteiger charge is 2.23. The second-order valence-corrected chi connectivity index (χ2v) is 8.84. The molecule has 0 aliphatic heterocycles. The van der Waals surface area contributed by atoms with Crippen LogP contribution in [0.1, 0.15) is 92.1 Å². The van der Waals surface area contributed by atoms with Gasteiger partial charge < -0.3 is 11.1 Å². The van der Waals surface area contributed by atoms with Crippen molar-refractivity contribution in [3.63, 3.8) is 0 Å². The molecular weight excluding hydrogens is 340 g/mol. The van der Waals surface area contributed by atoms with E-state index in [0.717, 1.165) is 12.5 Å². The Hall–Kier alpha value is -1.64. The van der Waals surface area contributed by atoms with Crippen LogP contribution in [0.2, 0.25) is 0 Å². The summed E-state index contributed by atoms with van der Waals surface area (Å²) in [4.78, 5) is 0. The van der Waals surface area contributed by atoms with E-state index in [1.807, 2.05) is 0 Å². The van der Waals surface area contributed by atoms with Crippen LogP contribution in [0, 0.1) is 0 Å². The Morgan fingerprint density at radius 1 is 0.643 bits per heavy atom. The number of hydrogen-bond acceptors (Lipinski definition) is 2. The minimum atomic E-state index is 0.292. The number of rotatable bonds is 2. The zero-order chi connectivity index (χ0) is 19.2. The number of benzene rings is 2. The van der Waals surface area contributed by atoms with Gasteiger partial charge >= 0.3 is 0 Å². The highest BCUT2D eigenvalue weighted by atomic mass is 15.0. The van der Waals surface area contributed by atoms with Crippen LogP contribution in [-0.2, 0) is 12.8 Å². The summed E-state index contributed by atoms with van der Waals surface area (Å²) in [5.74, 6) is 0. The summed E-state index contributed by atoms with van der Waals surface area (Å²) in [6.07, 6.45) is 14.6. The Balaban J connectivity index is 0.000000151. The van der Waals surface area contributed by atoms with E-state index in [-0.39, 0.29) is 0 Å². The molecule has 5 rings (SSSR count). The molecule has 3 aliphatic rings. The van der Waals surface area contributed by atoms with Crippen molar-refractivity contribution in [2.75, 3.05) is 0 Å². The van der Waals surface area contributed by atoms with Crippen molar-refractivity contribution in [3.8, 4) is 0 Å². The van der Waals surface area contributed by atoms with E-state index in [4.69, 9.17) is 5.73 Å². The van der Waals surface area contributed by atoms with E-state index in [9.17, 15) is 0 Å². The van der Waals surface area contributed by atoms with Gasteiger partial charge in [-0.2, -0.15) is 0 Å². The lowest BCUT2D eigenvalue weighted by Crippen LogP contribution is -2.35. The molecule has 28 heavy (non-hydrogen) atoms. The number of aryl methyl sites for hydroxylation is 2. The predicted octanol–water partition coefficient (Wildman–Crippen LogP) is 6.01. The molecular formula is C26H36N2. The van der Waals surface area contributed by atoms with Crippen molar-refractivity contribution in [2.45, 2.75) is 88.8 Å². The summed E-state index contributed by atoms with van der Waals surface area (Å²) in [5, 5.41) is 3.91. The molecule has 2 atom stereocenters. The summed E-state index contributed by atoms with van der Waals surface area (Å²) in [6, 6.07) is 19.2. The van der Waals surface area contributed by atoms with Gasteiger partial charge in [0.05, 0.1) is 0 Å². The van der Waals surface area contributed by atoms with Crippen LogP contribution in [-0.4, -0.2) is 6.04 Å². The molecule has 3 aliphatic carbocycles. The lowest BCUT2D eigenvalue weighted by molar-refractivity contribution is 0.321. The molecule has 0 bridgehead atoms. The third kappa shape index (κ3) is 4.85. The standard InChI is InChI=1S/C16H23N.C10H13N/c1-2-9-14(10-3-1)17-16-12-6-8-13-7-4-5-11-15(13)16;11-10-7-3-5-8-4-1-2-6-9(8)10/h4-5,7,11,14,16-17H,1-3,6,8-10,12H2;1-2,4,6,10H,3,5,7,11H2. The van der Waals surface area contributed by atoms with Crippen molar-refractivity contribution >= 4 is 0 Å². The van der Waals surface area contributed by atoms with Crippen LogP contribution in [0.3, 0.4) is 0 Å². The van der Waals surface area contributed by atoms with E-state index in [1.54, 1.807) is 11.1 Å². The molecule has 1 fully saturated rings. The molecule has 0 saturated heterocycles. The minimum Gasteiger partial charge on any atom is -0.324 e. The van der Waals surface area contributed by atoms with E-state index >= 15 is 0 Å². The maximum Gasteiger partial charge on any atom is 0.0325 e. The van der Waals surface area contributed by atoms with Gasteiger partial charge in [-0.15, -0.1) is 0 Å². The maximum absolute atomic E-state index is 5.95. The van der Waals surface area contributed by atoms with Gasteiger partial charge in [-0.05, 0) is 73.6 Å². The first-order valence-corrected chi connectivity index (χ1v) is 11.5. The molecule has 0 aromatic heterocycles. The van der Waals surface area contributed by atoms with Crippen LogP contribution in [0.15, 0.2) is 48.5 Å².